The number of nitrogens with one attached hydrogen (secondary N) is 1. The van der Waals surface area contributed by atoms with E-state index in [1.165, 1.54) is 0 Å². The van der Waals surface area contributed by atoms with Gasteiger partial charge in [-0.25, -0.2) is 4.98 Å². The van der Waals surface area contributed by atoms with Crippen molar-refractivity contribution in [3.05, 3.63) is 47.5 Å². The minimum atomic E-state index is -0.427. The van der Waals surface area contributed by atoms with Crippen molar-refractivity contribution >= 4 is 32.5 Å². The maximum absolute atomic E-state index is 10.7. The van der Waals surface area contributed by atoms with Crippen molar-refractivity contribution in [1.29, 1.82) is 0 Å². The van der Waals surface area contributed by atoms with Crippen molar-refractivity contribution in [1.82, 2.24) is 15.2 Å². The standard InChI is InChI=1S/C20H19N3O2S/c24-19(12-5-7-25-8-6-12)18-10-14-2-3-16(22-20(14)26-18)13-1-4-17-15(9-13)11-21-23-17/h1-4,9-12,19,24H,5-8H2,(H,21,23)/t19-/m0/s1. The molecule has 0 aliphatic carbocycles. The van der Waals surface area contributed by atoms with Crippen LogP contribution in [0, 0.1) is 5.92 Å². The second kappa shape index (κ2) is 6.46. The second-order valence-electron chi connectivity index (χ2n) is 6.81. The van der Waals surface area contributed by atoms with Crippen LogP contribution >= 0.6 is 11.3 Å². The average molecular weight is 365 g/mol. The van der Waals surface area contributed by atoms with Gasteiger partial charge in [0, 0.05) is 34.4 Å². The molecule has 0 saturated carbocycles. The van der Waals surface area contributed by atoms with Gasteiger partial charge in [0.2, 0.25) is 0 Å². The molecule has 3 aromatic heterocycles. The summed E-state index contributed by atoms with van der Waals surface area (Å²) in [5.41, 5.74) is 3.03. The third kappa shape index (κ3) is 2.80. The Labute approximate surface area is 154 Å². The summed E-state index contributed by atoms with van der Waals surface area (Å²) in [6.07, 6.45) is 3.23. The number of nitrogens with zero attached hydrogens (tertiary/aromatic N) is 2. The zero-order chi connectivity index (χ0) is 17.5. The summed E-state index contributed by atoms with van der Waals surface area (Å²) in [6.45, 7) is 1.48. The van der Waals surface area contributed by atoms with Gasteiger partial charge in [0.1, 0.15) is 4.83 Å². The van der Waals surface area contributed by atoms with Crippen LogP contribution in [0.2, 0.25) is 0 Å². The van der Waals surface area contributed by atoms with Crippen LogP contribution in [0.5, 0.6) is 0 Å². The van der Waals surface area contributed by atoms with Crippen LogP contribution in [0.3, 0.4) is 0 Å². The van der Waals surface area contributed by atoms with Crippen LogP contribution in [-0.2, 0) is 4.74 Å². The summed E-state index contributed by atoms with van der Waals surface area (Å²) < 4.78 is 5.41. The maximum atomic E-state index is 10.7. The second-order valence-corrected chi connectivity index (χ2v) is 7.87. The number of ether oxygens (including phenoxy) is 1. The number of pyridine rings is 1. The first-order valence-electron chi connectivity index (χ1n) is 8.88. The number of rotatable bonds is 3. The number of aliphatic hydroxyl groups excluding tert-OH is 1. The van der Waals surface area contributed by atoms with E-state index in [4.69, 9.17) is 9.72 Å². The van der Waals surface area contributed by atoms with Gasteiger partial charge in [-0.2, -0.15) is 5.10 Å². The minimum absolute atomic E-state index is 0.278. The fraction of sp³-hybridized carbons (Fsp3) is 0.300. The highest BCUT2D eigenvalue weighted by molar-refractivity contribution is 7.18. The van der Waals surface area contributed by atoms with Crippen molar-refractivity contribution in [2.45, 2.75) is 18.9 Å². The summed E-state index contributed by atoms with van der Waals surface area (Å²) in [6, 6.07) is 12.4. The van der Waals surface area contributed by atoms with Crippen LogP contribution in [0.25, 0.3) is 32.4 Å². The van der Waals surface area contributed by atoms with Gasteiger partial charge in [-0.15, -0.1) is 11.3 Å². The van der Waals surface area contributed by atoms with Gasteiger partial charge in [0.25, 0.3) is 0 Å². The van der Waals surface area contributed by atoms with Crippen molar-refractivity contribution in [3.8, 4) is 11.3 Å². The third-order valence-corrected chi connectivity index (χ3v) is 6.26. The topological polar surface area (TPSA) is 71.0 Å². The van der Waals surface area contributed by atoms with Gasteiger partial charge in [-0.05, 0) is 49.1 Å². The Bertz CT molecular complexity index is 1070. The Morgan fingerprint density at radius 2 is 2.00 bits per heavy atom. The predicted octanol–water partition coefficient (Wildman–Crippen LogP) is 4.30. The molecule has 0 unspecified atom stereocenters. The lowest BCUT2D eigenvalue weighted by Gasteiger charge is -2.25. The van der Waals surface area contributed by atoms with E-state index < -0.39 is 6.10 Å². The number of aromatic nitrogens is 3. The molecule has 2 N–H and O–H groups in total. The van der Waals surface area contributed by atoms with Gasteiger partial charge < -0.3 is 9.84 Å². The van der Waals surface area contributed by atoms with E-state index in [9.17, 15) is 5.11 Å². The summed E-state index contributed by atoms with van der Waals surface area (Å²) >= 11 is 1.59. The number of aromatic amines is 1. The highest BCUT2D eigenvalue weighted by atomic mass is 32.1. The molecule has 4 heterocycles. The third-order valence-electron chi connectivity index (χ3n) is 5.14. The van der Waals surface area contributed by atoms with Gasteiger partial charge in [0.15, 0.2) is 0 Å². The summed E-state index contributed by atoms with van der Waals surface area (Å²) in [4.78, 5) is 6.81. The molecule has 0 radical (unpaired) electrons. The first-order chi connectivity index (χ1) is 12.8. The number of thiophene rings is 1. The molecule has 5 rings (SSSR count). The SMILES string of the molecule is O[C@H](c1cc2ccc(-c3ccc4[nH]ncc4c3)nc2s1)C1CCOCC1. The predicted molar refractivity (Wildman–Crippen MR) is 103 cm³/mol. The molecule has 0 bridgehead atoms. The Morgan fingerprint density at radius 3 is 2.88 bits per heavy atom. The Hall–Kier alpha value is -2.28. The Balaban J connectivity index is 1.49. The zero-order valence-electron chi connectivity index (χ0n) is 14.2. The molecule has 1 fully saturated rings. The molecule has 0 amide bonds. The van der Waals surface area contributed by atoms with E-state index >= 15 is 0 Å². The van der Waals surface area contributed by atoms with E-state index in [0.717, 1.165) is 63.3 Å². The number of hydrogen-bond donors (Lipinski definition) is 2. The minimum Gasteiger partial charge on any atom is -0.387 e. The quantitative estimate of drug-likeness (QED) is 0.568. The van der Waals surface area contributed by atoms with Crippen LogP contribution in [0.1, 0.15) is 23.8 Å². The summed E-state index contributed by atoms with van der Waals surface area (Å²) in [5.74, 6) is 0.278. The van der Waals surface area contributed by atoms with E-state index in [1.54, 1.807) is 11.3 Å². The van der Waals surface area contributed by atoms with Crippen molar-refractivity contribution in [3.63, 3.8) is 0 Å². The number of hydrogen-bond acceptors (Lipinski definition) is 5. The number of benzene rings is 1. The number of H-pyrrole nitrogens is 1. The van der Waals surface area contributed by atoms with Gasteiger partial charge >= 0.3 is 0 Å². The first kappa shape index (κ1) is 15.9. The molecule has 0 spiro atoms. The lowest BCUT2D eigenvalue weighted by Crippen LogP contribution is -2.21. The molecule has 26 heavy (non-hydrogen) atoms. The van der Waals surface area contributed by atoms with Crippen LogP contribution in [0.15, 0.2) is 42.6 Å². The zero-order valence-corrected chi connectivity index (χ0v) is 15.0. The molecule has 132 valence electrons. The fourth-order valence-electron chi connectivity index (χ4n) is 3.61. The highest BCUT2D eigenvalue weighted by Crippen LogP contribution is 2.37. The molecule has 5 nitrogen and oxygen atoms in total. The lowest BCUT2D eigenvalue weighted by atomic mass is 9.93. The fourth-order valence-corrected chi connectivity index (χ4v) is 4.72. The van der Waals surface area contributed by atoms with Crippen molar-refractivity contribution in [2.24, 2.45) is 5.92 Å². The van der Waals surface area contributed by atoms with E-state index in [2.05, 4.69) is 34.5 Å². The van der Waals surface area contributed by atoms with Gasteiger partial charge in [-0.3, -0.25) is 5.10 Å². The molecule has 4 aromatic rings. The summed E-state index contributed by atoms with van der Waals surface area (Å²) in [7, 11) is 0. The monoisotopic (exact) mass is 365 g/mol. The Morgan fingerprint density at radius 1 is 1.12 bits per heavy atom. The average Bonchev–Trinajstić information content (AvgIpc) is 3.33. The van der Waals surface area contributed by atoms with Crippen molar-refractivity contribution < 1.29 is 9.84 Å². The van der Waals surface area contributed by atoms with Crippen LogP contribution in [-0.4, -0.2) is 33.5 Å². The van der Waals surface area contributed by atoms with Crippen LogP contribution in [0.4, 0.5) is 0 Å². The maximum Gasteiger partial charge on any atom is 0.124 e. The molecule has 1 aromatic carbocycles. The molecule has 1 aliphatic heterocycles. The normalized spacial score (nSPS) is 17.1. The van der Waals surface area contributed by atoms with E-state index in [-0.39, 0.29) is 5.92 Å². The molecule has 1 saturated heterocycles. The molecule has 6 heteroatoms. The highest BCUT2D eigenvalue weighted by Gasteiger charge is 2.25. The molecule has 1 atom stereocenters. The van der Waals surface area contributed by atoms with Gasteiger partial charge in [-0.1, -0.05) is 6.07 Å². The summed E-state index contributed by atoms with van der Waals surface area (Å²) in [5, 5.41) is 19.9. The largest absolute Gasteiger partial charge is 0.387 e. The first-order valence-corrected chi connectivity index (χ1v) is 9.69. The van der Waals surface area contributed by atoms with Crippen LogP contribution < -0.4 is 0 Å². The van der Waals surface area contributed by atoms with E-state index in [0.29, 0.717) is 0 Å². The Kier molecular flexibility index (Phi) is 3.96. The smallest absolute Gasteiger partial charge is 0.124 e. The molecular weight excluding hydrogens is 346 g/mol. The lowest BCUT2D eigenvalue weighted by molar-refractivity contribution is 0.00856. The van der Waals surface area contributed by atoms with Crippen molar-refractivity contribution in [2.75, 3.05) is 13.2 Å². The van der Waals surface area contributed by atoms with E-state index in [1.807, 2.05) is 18.3 Å². The number of aliphatic hydroxyl groups is 1. The number of fused-ring (bicyclic) bond motifs is 2. The van der Waals surface area contributed by atoms with Gasteiger partial charge in [0.05, 0.1) is 23.5 Å². The molecular formula is C20H19N3O2S. The molecule has 1 aliphatic rings.